The SMILES string of the molecule is O=C(c1ccc(CS(=O)(=O)c2ccccc2)cc1)N(Cc1ccccc1F)C1CC1. The van der Waals surface area contributed by atoms with Crippen LogP contribution in [0.3, 0.4) is 0 Å². The van der Waals surface area contributed by atoms with Crippen molar-refractivity contribution < 1.29 is 17.6 Å². The van der Waals surface area contributed by atoms with E-state index in [0.29, 0.717) is 16.7 Å². The van der Waals surface area contributed by atoms with Gasteiger partial charge in [-0.05, 0) is 48.7 Å². The molecule has 0 saturated heterocycles. The average molecular weight is 424 g/mol. The Morgan fingerprint density at radius 2 is 1.53 bits per heavy atom. The maximum absolute atomic E-state index is 14.1. The van der Waals surface area contributed by atoms with E-state index in [1.54, 1.807) is 77.7 Å². The molecule has 4 nitrogen and oxygen atoms in total. The van der Waals surface area contributed by atoms with E-state index in [0.717, 1.165) is 12.8 Å². The van der Waals surface area contributed by atoms with Crippen LogP contribution in [-0.2, 0) is 22.1 Å². The average Bonchev–Trinajstić information content (AvgIpc) is 3.59. The molecule has 0 heterocycles. The van der Waals surface area contributed by atoms with Gasteiger partial charge in [0.1, 0.15) is 5.82 Å². The third-order valence-electron chi connectivity index (χ3n) is 5.21. The number of hydrogen-bond acceptors (Lipinski definition) is 3. The van der Waals surface area contributed by atoms with Crippen LogP contribution >= 0.6 is 0 Å². The van der Waals surface area contributed by atoms with Crippen LogP contribution in [0.25, 0.3) is 0 Å². The van der Waals surface area contributed by atoms with Crippen molar-refractivity contribution in [2.45, 2.75) is 36.1 Å². The number of nitrogens with zero attached hydrogens (tertiary/aromatic N) is 1. The lowest BCUT2D eigenvalue weighted by molar-refractivity contribution is 0.0728. The largest absolute Gasteiger partial charge is 0.331 e. The highest BCUT2D eigenvalue weighted by Crippen LogP contribution is 2.30. The molecule has 0 N–H and O–H groups in total. The molecule has 6 heteroatoms. The van der Waals surface area contributed by atoms with Crippen LogP contribution in [0.15, 0.2) is 83.8 Å². The molecule has 1 aliphatic rings. The van der Waals surface area contributed by atoms with Crippen LogP contribution in [0, 0.1) is 5.82 Å². The molecule has 4 rings (SSSR count). The summed E-state index contributed by atoms with van der Waals surface area (Å²) < 4.78 is 39.2. The van der Waals surface area contributed by atoms with Crippen LogP contribution in [0.2, 0.25) is 0 Å². The first kappa shape index (κ1) is 20.3. The van der Waals surface area contributed by atoms with Crippen LogP contribution < -0.4 is 0 Å². The Morgan fingerprint density at radius 1 is 0.900 bits per heavy atom. The van der Waals surface area contributed by atoms with E-state index in [-0.39, 0.29) is 35.0 Å². The van der Waals surface area contributed by atoms with Gasteiger partial charge in [-0.3, -0.25) is 4.79 Å². The highest BCUT2D eigenvalue weighted by molar-refractivity contribution is 7.90. The van der Waals surface area contributed by atoms with E-state index in [4.69, 9.17) is 0 Å². The number of sulfone groups is 1. The molecule has 3 aromatic rings. The Bertz CT molecular complexity index is 1140. The molecule has 1 amide bonds. The first-order valence-electron chi connectivity index (χ1n) is 9.85. The summed E-state index contributed by atoms with van der Waals surface area (Å²) in [4.78, 5) is 15.0. The number of halogens is 1. The standard InChI is InChI=1S/C24H22FNO3S/c25-23-9-5-4-6-20(23)16-26(21-14-15-21)24(27)19-12-10-18(11-13-19)17-30(28,29)22-7-2-1-3-8-22/h1-13,21H,14-17H2. The molecule has 0 bridgehead atoms. The molecule has 1 aliphatic carbocycles. The second-order valence-corrected chi connectivity index (χ2v) is 9.51. The van der Waals surface area contributed by atoms with Crippen molar-refractivity contribution >= 4 is 15.7 Å². The molecule has 154 valence electrons. The fourth-order valence-electron chi connectivity index (χ4n) is 3.40. The van der Waals surface area contributed by atoms with E-state index in [1.807, 2.05) is 0 Å². The third-order valence-corrected chi connectivity index (χ3v) is 6.91. The number of amides is 1. The third kappa shape index (κ3) is 4.60. The van der Waals surface area contributed by atoms with Crippen LogP contribution in [0.1, 0.15) is 34.3 Å². The van der Waals surface area contributed by atoms with Crippen LogP contribution in [0.5, 0.6) is 0 Å². The molecule has 0 atom stereocenters. The predicted octanol–water partition coefficient (Wildman–Crippen LogP) is 4.60. The maximum Gasteiger partial charge on any atom is 0.254 e. The summed E-state index contributed by atoms with van der Waals surface area (Å²) in [5, 5.41) is 0. The first-order chi connectivity index (χ1) is 14.4. The van der Waals surface area contributed by atoms with Gasteiger partial charge in [0, 0.05) is 23.7 Å². The van der Waals surface area contributed by atoms with Gasteiger partial charge < -0.3 is 4.90 Å². The minimum absolute atomic E-state index is 0.121. The molecule has 0 aliphatic heterocycles. The summed E-state index contributed by atoms with van der Waals surface area (Å²) in [5.41, 5.74) is 1.57. The fourth-order valence-corrected chi connectivity index (χ4v) is 4.77. The van der Waals surface area contributed by atoms with E-state index in [1.165, 1.54) is 6.07 Å². The minimum atomic E-state index is -3.45. The van der Waals surface area contributed by atoms with E-state index in [2.05, 4.69) is 0 Å². The van der Waals surface area contributed by atoms with Crippen molar-refractivity contribution in [1.82, 2.24) is 4.90 Å². The molecule has 1 saturated carbocycles. The van der Waals surface area contributed by atoms with Gasteiger partial charge in [-0.2, -0.15) is 0 Å². The van der Waals surface area contributed by atoms with Gasteiger partial charge in [-0.1, -0.05) is 48.5 Å². The highest BCUT2D eigenvalue weighted by atomic mass is 32.2. The van der Waals surface area contributed by atoms with Gasteiger partial charge in [0.25, 0.3) is 5.91 Å². The summed E-state index contributed by atoms with van der Waals surface area (Å²) in [6.45, 7) is 0.223. The zero-order valence-corrected chi connectivity index (χ0v) is 17.2. The maximum atomic E-state index is 14.1. The summed E-state index contributed by atoms with van der Waals surface area (Å²) in [7, 11) is -3.45. The number of rotatable bonds is 7. The molecule has 0 unspecified atom stereocenters. The molecule has 0 spiro atoms. The van der Waals surface area contributed by atoms with Crippen molar-refractivity contribution in [3.05, 3.63) is 101 Å². The molecular weight excluding hydrogens is 401 g/mol. The lowest BCUT2D eigenvalue weighted by Crippen LogP contribution is -2.32. The van der Waals surface area contributed by atoms with Gasteiger partial charge in [-0.25, -0.2) is 12.8 Å². The van der Waals surface area contributed by atoms with Gasteiger partial charge in [0.15, 0.2) is 9.84 Å². The Kier molecular flexibility index (Phi) is 5.68. The Hall–Kier alpha value is -2.99. The van der Waals surface area contributed by atoms with Gasteiger partial charge in [0.05, 0.1) is 10.6 Å². The van der Waals surface area contributed by atoms with E-state index >= 15 is 0 Å². The van der Waals surface area contributed by atoms with Crippen LogP contribution in [0.4, 0.5) is 4.39 Å². The van der Waals surface area contributed by atoms with E-state index < -0.39 is 9.84 Å². The van der Waals surface area contributed by atoms with Crippen molar-refractivity contribution in [1.29, 1.82) is 0 Å². The number of carbonyl (C=O) groups is 1. The molecule has 30 heavy (non-hydrogen) atoms. The lowest BCUT2D eigenvalue weighted by atomic mass is 10.1. The molecule has 0 aromatic heterocycles. The number of hydrogen-bond donors (Lipinski definition) is 0. The normalized spacial score (nSPS) is 13.8. The fraction of sp³-hybridized carbons (Fsp3) is 0.208. The second kappa shape index (κ2) is 8.40. The summed E-state index contributed by atoms with van der Waals surface area (Å²) >= 11 is 0. The summed E-state index contributed by atoms with van der Waals surface area (Å²) in [5.74, 6) is -0.622. The van der Waals surface area contributed by atoms with Crippen LogP contribution in [-0.4, -0.2) is 25.3 Å². The van der Waals surface area contributed by atoms with Crippen molar-refractivity contribution in [2.24, 2.45) is 0 Å². The molecule has 1 fully saturated rings. The summed E-state index contributed by atoms with van der Waals surface area (Å²) in [6, 6.07) is 21.5. The highest BCUT2D eigenvalue weighted by Gasteiger charge is 2.33. The zero-order valence-electron chi connectivity index (χ0n) is 16.4. The Morgan fingerprint density at radius 3 is 2.17 bits per heavy atom. The zero-order chi connectivity index (χ0) is 21.1. The molecular formula is C24H22FNO3S. The van der Waals surface area contributed by atoms with Crippen molar-refractivity contribution in [3.63, 3.8) is 0 Å². The van der Waals surface area contributed by atoms with Crippen molar-refractivity contribution in [2.75, 3.05) is 0 Å². The van der Waals surface area contributed by atoms with Gasteiger partial charge in [0.2, 0.25) is 0 Å². The predicted molar refractivity (Wildman–Crippen MR) is 113 cm³/mol. The van der Waals surface area contributed by atoms with E-state index in [9.17, 15) is 17.6 Å². The first-order valence-corrected chi connectivity index (χ1v) is 11.5. The summed E-state index contributed by atoms with van der Waals surface area (Å²) in [6.07, 6.45) is 1.82. The molecule has 0 radical (unpaired) electrons. The van der Waals surface area contributed by atoms with Gasteiger partial charge >= 0.3 is 0 Å². The quantitative estimate of drug-likeness (QED) is 0.558. The smallest absolute Gasteiger partial charge is 0.254 e. The minimum Gasteiger partial charge on any atom is -0.331 e. The number of benzene rings is 3. The Labute approximate surface area is 175 Å². The van der Waals surface area contributed by atoms with Crippen molar-refractivity contribution in [3.8, 4) is 0 Å². The molecule has 3 aromatic carbocycles. The monoisotopic (exact) mass is 423 g/mol. The topological polar surface area (TPSA) is 54.5 Å². The Balaban J connectivity index is 1.50. The lowest BCUT2D eigenvalue weighted by Gasteiger charge is -2.23. The number of carbonyl (C=O) groups excluding carboxylic acids is 1. The van der Waals surface area contributed by atoms with Gasteiger partial charge in [-0.15, -0.1) is 0 Å². The second-order valence-electron chi connectivity index (χ2n) is 7.52.